The molecular formula is C19H21Br2NO5. The van der Waals surface area contributed by atoms with Crippen LogP contribution in [0.15, 0.2) is 33.2 Å². The highest BCUT2D eigenvalue weighted by molar-refractivity contribution is 9.11. The molecule has 0 saturated heterocycles. The van der Waals surface area contributed by atoms with Gasteiger partial charge in [0.25, 0.3) is 0 Å². The number of nitrogens with one attached hydrogen (secondary N) is 1. The van der Waals surface area contributed by atoms with E-state index in [4.69, 9.17) is 14.2 Å². The Balaban J connectivity index is 1.95. The van der Waals surface area contributed by atoms with Crippen LogP contribution in [0.1, 0.15) is 11.1 Å². The van der Waals surface area contributed by atoms with Gasteiger partial charge in [0.1, 0.15) is 0 Å². The lowest BCUT2D eigenvalue weighted by Crippen LogP contribution is -2.27. The number of benzene rings is 2. The van der Waals surface area contributed by atoms with Crippen molar-refractivity contribution < 1.29 is 24.1 Å². The predicted octanol–water partition coefficient (Wildman–Crippen LogP) is 3.84. The van der Waals surface area contributed by atoms with E-state index in [0.29, 0.717) is 40.3 Å². The van der Waals surface area contributed by atoms with Gasteiger partial charge in [-0.15, -0.1) is 0 Å². The fourth-order valence-corrected chi connectivity index (χ4v) is 3.71. The average Bonchev–Trinajstić information content (AvgIpc) is 2.65. The maximum Gasteiger partial charge on any atom is 0.224 e. The molecule has 8 heteroatoms. The summed E-state index contributed by atoms with van der Waals surface area (Å²) in [5, 5.41) is 12.9. The van der Waals surface area contributed by atoms with Crippen LogP contribution in [0.4, 0.5) is 0 Å². The summed E-state index contributed by atoms with van der Waals surface area (Å²) in [4.78, 5) is 12.2. The number of carbonyl (C=O) groups excluding carboxylic acids is 1. The number of carbonyl (C=O) groups is 1. The molecule has 2 rings (SSSR count). The van der Waals surface area contributed by atoms with Crippen molar-refractivity contribution in [2.75, 3.05) is 27.9 Å². The standard InChI is InChI=1S/C19H21Br2NO5/c1-25-14-5-4-12(17(21)18(14)24)10-16(23)22-7-6-11-8-13(20)19(27-3)15(9-11)26-2/h4-5,8-9,24H,6-7,10H2,1-3H3,(H,22,23). The van der Waals surface area contributed by atoms with E-state index in [1.54, 1.807) is 26.4 Å². The third kappa shape index (κ3) is 5.29. The lowest BCUT2D eigenvalue weighted by atomic mass is 10.1. The van der Waals surface area contributed by atoms with Gasteiger partial charge >= 0.3 is 0 Å². The summed E-state index contributed by atoms with van der Waals surface area (Å²) in [6.45, 7) is 0.473. The van der Waals surface area contributed by atoms with Crippen LogP contribution in [0, 0.1) is 0 Å². The van der Waals surface area contributed by atoms with Gasteiger partial charge in [-0.1, -0.05) is 6.07 Å². The van der Waals surface area contributed by atoms with Gasteiger partial charge in [0.15, 0.2) is 23.0 Å². The first-order valence-electron chi connectivity index (χ1n) is 8.12. The van der Waals surface area contributed by atoms with E-state index in [1.807, 2.05) is 12.1 Å². The minimum atomic E-state index is -0.139. The molecule has 0 unspecified atom stereocenters. The van der Waals surface area contributed by atoms with Crippen molar-refractivity contribution in [2.24, 2.45) is 0 Å². The summed E-state index contributed by atoms with van der Waals surface area (Å²) in [5.74, 6) is 1.46. The quantitative estimate of drug-likeness (QED) is 0.573. The third-order valence-corrected chi connectivity index (χ3v) is 5.43. The number of halogens is 2. The van der Waals surface area contributed by atoms with Gasteiger partial charge < -0.3 is 24.6 Å². The molecule has 0 aliphatic carbocycles. The zero-order chi connectivity index (χ0) is 20.0. The van der Waals surface area contributed by atoms with Gasteiger partial charge in [0, 0.05) is 6.54 Å². The van der Waals surface area contributed by atoms with E-state index in [2.05, 4.69) is 37.2 Å². The van der Waals surface area contributed by atoms with Crippen molar-refractivity contribution >= 4 is 37.8 Å². The second-order valence-corrected chi connectivity index (χ2v) is 7.33. The number of ether oxygens (including phenoxy) is 3. The second kappa shape index (κ2) is 9.85. The van der Waals surface area contributed by atoms with E-state index < -0.39 is 0 Å². The Morgan fingerprint density at radius 1 is 1.07 bits per heavy atom. The lowest BCUT2D eigenvalue weighted by Gasteiger charge is -2.13. The maximum atomic E-state index is 12.2. The number of aromatic hydroxyl groups is 1. The molecule has 0 aliphatic heterocycles. The summed E-state index contributed by atoms with van der Waals surface area (Å²) in [5.41, 5.74) is 1.68. The average molecular weight is 503 g/mol. The Morgan fingerprint density at radius 2 is 1.78 bits per heavy atom. The highest BCUT2D eigenvalue weighted by Crippen LogP contribution is 2.37. The molecule has 0 bridgehead atoms. The number of phenols is 1. The number of hydrogen-bond donors (Lipinski definition) is 2. The first-order valence-corrected chi connectivity index (χ1v) is 9.71. The largest absolute Gasteiger partial charge is 0.503 e. The van der Waals surface area contributed by atoms with Crippen LogP contribution in [0.2, 0.25) is 0 Å². The minimum Gasteiger partial charge on any atom is -0.503 e. The topological polar surface area (TPSA) is 77.0 Å². The van der Waals surface area contributed by atoms with Gasteiger partial charge in [-0.2, -0.15) is 0 Å². The fourth-order valence-electron chi connectivity index (χ4n) is 2.59. The molecule has 0 atom stereocenters. The predicted molar refractivity (Wildman–Crippen MR) is 110 cm³/mol. The van der Waals surface area contributed by atoms with E-state index in [9.17, 15) is 9.90 Å². The molecule has 0 saturated carbocycles. The number of hydrogen-bond acceptors (Lipinski definition) is 5. The summed E-state index contributed by atoms with van der Waals surface area (Å²) in [6, 6.07) is 7.19. The van der Waals surface area contributed by atoms with Gasteiger partial charge in [-0.3, -0.25) is 4.79 Å². The normalized spacial score (nSPS) is 10.4. The minimum absolute atomic E-state index is 0.0158. The Kier molecular flexibility index (Phi) is 7.79. The molecule has 0 spiro atoms. The van der Waals surface area contributed by atoms with E-state index in [-0.39, 0.29) is 18.1 Å². The van der Waals surface area contributed by atoms with Crippen LogP contribution in [-0.4, -0.2) is 38.9 Å². The van der Waals surface area contributed by atoms with Gasteiger partial charge in [0.05, 0.1) is 36.7 Å². The molecule has 27 heavy (non-hydrogen) atoms. The van der Waals surface area contributed by atoms with E-state index >= 15 is 0 Å². The van der Waals surface area contributed by atoms with Crippen LogP contribution in [-0.2, 0) is 17.6 Å². The zero-order valence-electron chi connectivity index (χ0n) is 15.3. The molecular weight excluding hydrogens is 482 g/mol. The summed E-state index contributed by atoms with van der Waals surface area (Å²) in [6.07, 6.45) is 0.785. The van der Waals surface area contributed by atoms with Crippen LogP contribution >= 0.6 is 31.9 Å². The first-order chi connectivity index (χ1) is 12.9. The van der Waals surface area contributed by atoms with Crippen molar-refractivity contribution in [2.45, 2.75) is 12.8 Å². The second-order valence-electron chi connectivity index (χ2n) is 5.68. The van der Waals surface area contributed by atoms with Crippen LogP contribution in [0.25, 0.3) is 0 Å². The molecule has 1 amide bonds. The highest BCUT2D eigenvalue weighted by atomic mass is 79.9. The smallest absolute Gasteiger partial charge is 0.224 e. The lowest BCUT2D eigenvalue weighted by molar-refractivity contribution is -0.120. The number of phenolic OH excluding ortho intramolecular Hbond substituents is 1. The van der Waals surface area contributed by atoms with Crippen LogP contribution < -0.4 is 19.5 Å². The third-order valence-electron chi connectivity index (χ3n) is 3.96. The number of methoxy groups -OCH3 is 3. The van der Waals surface area contributed by atoms with Crippen molar-refractivity contribution in [1.29, 1.82) is 0 Å². The van der Waals surface area contributed by atoms with Gasteiger partial charge in [0.2, 0.25) is 5.91 Å². The van der Waals surface area contributed by atoms with Crippen molar-refractivity contribution in [3.05, 3.63) is 44.3 Å². The molecule has 6 nitrogen and oxygen atoms in total. The molecule has 0 radical (unpaired) electrons. The molecule has 2 aromatic carbocycles. The summed E-state index contributed by atoms with van der Waals surface area (Å²) < 4.78 is 16.9. The van der Waals surface area contributed by atoms with E-state index in [1.165, 1.54) is 7.11 Å². The Morgan fingerprint density at radius 3 is 2.41 bits per heavy atom. The molecule has 0 fully saturated rings. The van der Waals surface area contributed by atoms with Gasteiger partial charge in [-0.05, 0) is 67.6 Å². The maximum absolute atomic E-state index is 12.2. The Labute approximate surface area is 175 Å². The fraction of sp³-hybridized carbons (Fsp3) is 0.316. The molecule has 2 aromatic rings. The molecule has 2 N–H and O–H groups in total. The summed E-state index contributed by atoms with van der Waals surface area (Å²) >= 11 is 6.76. The summed E-state index contributed by atoms with van der Waals surface area (Å²) in [7, 11) is 4.63. The molecule has 0 aliphatic rings. The zero-order valence-corrected chi connectivity index (χ0v) is 18.4. The number of amides is 1. The Hall–Kier alpha value is -1.93. The van der Waals surface area contributed by atoms with Crippen molar-refractivity contribution in [3.63, 3.8) is 0 Å². The van der Waals surface area contributed by atoms with Crippen LogP contribution in [0.5, 0.6) is 23.0 Å². The molecule has 146 valence electrons. The molecule has 0 heterocycles. The van der Waals surface area contributed by atoms with Crippen LogP contribution in [0.3, 0.4) is 0 Å². The van der Waals surface area contributed by atoms with Gasteiger partial charge in [-0.25, -0.2) is 0 Å². The van der Waals surface area contributed by atoms with E-state index in [0.717, 1.165) is 10.0 Å². The van der Waals surface area contributed by atoms with Crippen molar-refractivity contribution in [3.8, 4) is 23.0 Å². The number of rotatable bonds is 8. The van der Waals surface area contributed by atoms with Crippen molar-refractivity contribution in [1.82, 2.24) is 5.32 Å². The first kappa shape index (κ1) is 21.4. The SMILES string of the molecule is COc1ccc(CC(=O)NCCc2cc(Br)c(OC)c(OC)c2)c(Br)c1O. The Bertz CT molecular complexity index is 826. The monoisotopic (exact) mass is 501 g/mol. The highest BCUT2D eigenvalue weighted by Gasteiger charge is 2.14. The molecule has 0 aromatic heterocycles.